The highest BCUT2D eigenvalue weighted by molar-refractivity contribution is 5.27. The average Bonchev–Trinajstić information content (AvgIpc) is 2.95. The minimum atomic E-state index is -0.791. The number of rotatable bonds is 2. The summed E-state index contributed by atoms with van der Waals surface area (Å²) in [6.45, 7) is 0.342. The van der Waals surface area contributed by atoms with Crippen molar-refractivity contribution in [2.45, 2.75) is 18.2 Å². The Kier molecular flexibility index (Phi) is 1.68. The van der Waals surface area contributed by atoms with Gasteiger partial charge in [0.15, 0.2) is 6.79 Å². The van der Waals surface area contributed by atoms with E-state index in [-0.39, 0.29) is 0 Å². The van der Waals surface area contributed by atoms with Crippen LogP contribution in [0.1, 0.15) is 17.9 Å². The molecule has 1 heterocycles. The van der Waals surface area contributed by atoms with Crippen LogP contribution in [0, 0.1) is 5.92 Å². The molecule has 2 aliphatic rings. The summed E-state index contributed by atoms with van der Waals surface area (Å²) in [5.41, 5.74) is 7.23. The lowest BCUT2D eigenvalue weighted by Gasteiger charge is -2.38. The average molecular weight is 191 g/mol. The second kappa shape index (κ2) is 2.79. The third-order valence-electron chi connectivity index (χ3n) is 3.10. The predicted octanol–water partition coefficient (Wildman–Crippen LogP) is 1.41. The Morgan fingerprint density at radius 1 is 1.21 bits per heavy atom. The molecule has 1 aliphatic carbocycles. The van der Waals surface area contributed by atoms with Crippen molar-refractivity contribution in [2.75, 3.05) is 6.79 Å². The third kappa shape index (κ3) is 1.17. The minimum Gasteiger partial charge on any atom is -0.310 e. The van der Waals surface area contributed by atoms with Crippen LogP contribution in [0.2, 0.25) is 0 Å². The van der Waals surface area contributed by atoms with Crippen LogP contribution in [-0.2, 0) is 9.47 Å². The van der Waals surface area contributed by atoms with Crippen molar-refractivity contribution in [3.63, 3.8) is 0 Å². The van der Waals surface area contributed by atoms with Crippen LogP contribution >= 0.6 is 0 Å². The molecule has 1 aromatic rings. The summed E-state index contributed by atoms with van der Waals surface area (Å²) in [6.07, 6.45) is 1.07. The fourth-order valence-electron chi connectivity index (χ4n) is 2.12. The van der Waals surface area contributed by atoms with Gasteiger partial charge in [0.2, 0.25) is 5.91 Å². The number of nitrogens with two attached hydrogens (primary N) is 1. The SMILES string of the molecule is NC1(C2CC2c2ccccc2)OCO1. The Bertz CT molecular complexity index is 334. The van der Waals surface area contributed by atoms with E-state index in [0.717, 1.165) is 6.42 Å². The van der Waals surface area contributed by atoms with Gasteiger partial charge in [-0.05, 0) is 17.9 Å². The Morgan fingerprint density at radius 3 is 2.50 bits per heavy atom. The normalized spacial score (nSPS) is 33.5. The summed E-state index contributed by atoms with van der Waals surface area (Å²) in [4.78, 5) is 0. The lowest BCUT2D eigenvalue weighted by Crippen LogP contribution is -2.57. The van der Waals surface area contributed by atoms with Crippen LogP contribution in [0.15, 0.2) is 30.3 Å². The maximum Gasteiger partial charge on any atom is 0.232 e. The standard InChI is InChI=1S/C11H13NO2/c12-11(13-7-14-11)10-6-9(10)8-4-2-1-3-5-8/h1-5,9-10H,6-7,12H2. The van der Waals surface area contributed by atoms with Gasteiger partial charge in [-0.2, -0.15) is 0 Å². The summed E-state index contributed by atoms with van der Waals surface area (Å²) in [5, 5.41) is 0. The number of ether oxygens (including phenoxy) is 2. The van der Waals surface area contributed by atoms with Gasteiger partial charge in [0.25, 0.3) is 0 Å². The molecule has 0 radical (unpaired) electrons. The molecule has 1 aromatic carbocycles. The van der Waals surface area contributed by atoms with E-state index in [4.69, 9.17) is 15.2 Å². The van der Waals surface area contributed by atoms with E-state index < -0.39 is 5.91 Å². The van der Waals surface area contributed by atoms with Crippen LogP contribution in [0.25, 0.3) is 0 Å². The number of hydrogen-bond acceptors (Lipinski definition) is 3. The first-order chi connectivity index (χ1) is 6.80. The lowest BCUT2D eigenvalue weighted by atomic mass is 10.1. The van der Waals surface area contributed by atoms with Gasteiger partial charge >= 0.3 is 0 Å². The first-order valence-electron chi connectivity index (χ1n) is 4.91. The van der Waals surface area contributed by atoms with Crippen molar-refractivity contribution >= 4 is 0 Å². The van der Waals surface area contributed by atoms with Crippen molar-refractivity contribution in [1.82, 2.24) is 0 Å². The highest BCUT2D eigenvalue weighted by Crippen LogP contribution is 2.54. The molecule has 0 bridgehead atoms. The summed E-state index contributed by atoms with van der Waals surface area (Å²) < 4.78 is 10.5. The van der Waals surface area contributed by atoms with Gasteiger partial charge in [0, 0.05) is 5.92 Å². The molecule has 0 aromatic heterocycles. The highest BCUT2D eigenvalue weighted by atomic mass is 16.9. The molecule has 1 saturated carbocycles. The molecule has 3 heteroatoms. The largest absolute Gasteiger partial charge is 0.310 e. The second-order valence-electron chi connectivity index (χ2n) is 3.99. The lowest BCUT2D eigenvalue weighted by molar-refractivity contribution is -0.405. The topological polar surface area (TPSA) is 44.5 Å². The van der Waals surface area contributed by atoms with E-state index in [1.807, 2.05) is 6.07 Å². The minimum absolute atomic E-state index is 0.332. The molecule has 1 aliphatic heterocycles. The molecular formula is C11H13NO2. The fraction of sp³-hybridized carbons (Fsp3) is 0.455. The predicted molar refractivity (Wildman–Crippen MR) is 51.2 cm³/mol. The van der Waals surface area contributed by atoms with Crippen LogP contribution in [0.4, 0.5) is 0 Å². The van der Waals surface area contributed by atoms with E-state index in [0.29, 0.717) is 18.6 Å². The third-order valence-corrected chi connectivity index (χ3v) is 3.10. The van der Waals surface area contributed by atoms with Crippen LogP contribution in [0.5, 0.6) is 0 Å². The van der Waals surface area contributed by atoms with Crippen LogP contribution < -0.4 is 5.73 Å². The van der Waals surface area contributed by atoms with Crippen molar-refractivity contribution in [3.05, 3.63) is 35.9 Å². The molecular weight excluding hydrogens is 178 g/mol. The molecule has 2 atom stereocenters. The summed E-state index contributed by atoms with van der Waals surface area (Å²) in [5.74, 6) is 0.0562. The van der Waals surface area contributed by atoms with E-state index in [9.17, 15) is 0 Å². The smallest absolute Gasteiger partial charge is 0.232 e. The molecule has 14 heavy (non-hydrogen) atoms. The van der Waals surface area contributed by atoms with Gasteiger partial charge < -0.3 is 9.47 Å². The van der Waals surface area contributed by atoms with E-state index in [1.165, 1.54) is 5.56 Å². The maximum absolute atomic E-state index is 5.89. The first-order valence-corrected chi connectivity index (χ1v) is 4.91. The Balaban J connectivity index is 1.74. The molecule has 74 valence electrons. The molecule has 0 amide bonds. The molecule has 0 spiro atoms. The Labute approximate surface area is 82.8 Å². The molecule has 1 saturated heterocycles. The van der Waals surface area contributed by atoms with Crippen molar-refractivity contribution in [2.24, 2.45) is 11.7 Å². The molecule has 2 unspecified atom stereocenters. The summed E-state index contributed by atoms with van der Waals surface area (Å²) in [6, 6.07) is 10.4. The Hall–Kier alpha value is -0.900. The van der Waals surface area contributed by atoms with Gasteiger partial charge in [-0.15, -0.1) is 0 Å². The van der Waals surface area contributed by atoms with E-state index in [1.54, 1.807) is 0 Å². The summed E-state index contributed by atoms with van der Waals surface area (Å²) in [7, 11) is 0. The highest BCUT2D eigenvalue weighted by Gasteiger charge is 2.57. The van der Waals surface area contributed by atoms with Crippen molar-refractivity contribution < 1.29 is 9.47 Å². The van der Waals surface area contributed by atoms with Gasteiger partial charge in [-0.1, -0.05) is 30.3 Å². The van der Waals surface area contributed by atoms with E-state index in [2.05, 4.69) is 24.3 Å². The number of benzene rings is 1. The zero-order valence-corrected chi connectivity index (χ0v) is 7.85. The quantitative estimate of drug-likeness (QED) is 0.768. The van der Waals surface area contributed by atoms with Crippen molar-refractivity contribution in [1.29, 1.82) is 0 Å². The monoisotopic (exact) mass is 191 g/mol. The molecule has 2 N–H and O–H groups in total. The van der Waals surface area contributed by atoms with Gasteiger partial charge in [0.1, 0.15) is 0 Å². The zero-order valence-electron chi connectivity index (χ0n) is 7.85. The molecule has 2 fully saturated rings. The summed E-state index contributed by atoms with van der Waals surface area (Å²) >= 11 is 0. The second-order valence-corrected chi connectivity index (χ2v) is 3.99. The van der Waals surface area contributed by atoms with Crippen molar-refractivity contribution in [3.8, 4) is 0 Å². The van der Waals surface area contributed by atoms with Crippen LogP contribution in [-0.4, -0.2) is 12.7 Å². The van der Waals surface area contributed by atoms with Gasteiger partial charge in [0.05, 0.1) is 0 Å². The first kappa shape index (κ1) is 8.41. The van der Waals surface area contributed by atoms with Gasteiger partial charge in [-0.3, -0.25) is 5.73 Å². The fourth-order valence-corrected chi connectivity index (χ4v) is 2.12. The van der Waals surface area contributed by atoms with Crippen LogP contribution in [0.3, 0.4) is 0 Å². The molecule has 3 rings (SSSR count). The zero-order chi connectivity index (χ0) is 9.60. The number of hydrogen-bond donors (Lipinski definition) is 1. The Morgan fingerprint density at radius 2 is 1.93 bits per heavy atom. The maximum atomic E-state index is 5.89. The molecule has 3 nitrogen and oxygen atoms in total. The van der Waals surface area contributed by atoms with Gasteiger partial charge in [-0.25, -0.2) is 0 Å². The van der Waals surface area contributed by atoms with E-state index >= 15 is 0 Å².